The molecule has 2 aromatic carbocycles. The van der Waals surface area contributed by atoms with Crippen LogP contribution >= 0.6 is 0 Å². The third-order valence-electron chi connectivity index (χ3n) is 3.43. The molecule has 1 unspecified atom stereocenters. The van der Waals surface area contributed by atoms with Crippen molar-refractivity contribution in [2.75, 3.05) is 25.1 Å². The van der Waals surface area contributed by atoms with Crippen LogP contribution in [0.15, 0.2) is 48.5 Å². The van der Waals surface area contributed by atoms with E-state index >= 15 is 0 Å². The molecule has 0 heterocycles. The lowest BCUT2D eigenvalue weighted by Gasteiger charge is -2.23. The van der Waals surface area contributed by atoms with Crippen LogP contribution in [0.25, 0.3) is 0 Å². The molecule has 122 valence electrons. The van der Waals surface area contributed by atoms with E-state index in [1.165, 1.54) is 13.0 Å². The maximum Gasteiger partial charge on any atom is 0.159 e. The van der Waals surface area contributed by atoms with Crippen molar-refractivity contribution in [3.63, 3.8) is 0 Å². The second-order valence-electron chi connectivity index (χ2n) is 5.38. The fourth-order valence-corrected chi connectivity index (χ4v) is 2.23. The van der Waals surface area contributed by atoms with Crippen molar-refractivity contribution in [1.82, 2.24) is 0 Å². The number of ether oxygens (including phenoxy) is 1. The summed E-state index contributed by atoms with van der Waals surface area (Å²) in [4.78, 5) is 13.0. The first-order valence-corrected chi connectivity index (χ1v) is 7.35. The number of aliphatic hydroxyl groups excluding tert-OH is 1. The van der Waals surface area contributed by atoms with Gasteiger partial charge < -0.3 is 14.7 Å². The maximum atomic E-state index is 13.7. The molecule has 23 heavy (non-hydrogen) atoms. The molecule has 0 fully saturated rings. The number of aliphatic hydroxyl groups is 1. The third-order valence-corrected chi connectivity index (χ3v) is 3.43. The van der Waals surface area contributed by atoms with E-state index in [1.54, 1.807) is 54.4 Å². The van der Waals surface area contributed by atoms with Gasteiger partial charge in [-0.2, -0.15) is 0 Å². The summed E-state index contributed by atoms with van der Waals surface area (Å²) in [6.07, 6.45) is -0.791. The largest absolute Gasteiger partial charge is 0.491 e. The molecule has 1 atom stereocenters. The van der Waals surface area contributed by atoms with E-state index in [4.69, 9.17) is 4.74 Å². The van der Waals surface area contributed by atoms with E-state index in [0.29, 0.717) is 17.0 Å². The molecule has 0 aromatic heterocycles. The van der Waals surface area contributed by atoms with Gasteiger partial charge >= 0.3 is 0 Å². The number of halogens is 1. The van der Waals surface area contributed by atoms with Gasteiger partial charge in [-0.3, -0.25) is 4.79 Å². The molecule has 0 bridgehead atoms. The molecular formula is C18H20FNO3. The number of carbonyl (C=O) groups excluding carboxylic acids is 1. The molecule has 2 rings (SSSR count). The summed E-state index contributed by atoms with van der Waals surface area (Å²) in [5.41, 5.74) is 0.977. The minimum absolute atomic E-state index is 0.0460. The summed E-state index contributed by atoms with van der Waals surface area (Å²) >= 11 is 0. The first-order valence-electron chi connectivity index (χ1n) is 7.35. The summed E-state index contributed by atoms with van der Waals surface area (Å²) < 4.78 is 19.2. The summed E-state index contributed by atoms with van der Waals surface area (Å²) in [7, 11) is 1.71. The highest BCUT2D eigenvalue weighted by atomic mass is 19.1. The van der Waals surface area contributed by atoms with Gasteiger partial charge in [0.05, 0.1) is 5.69 Å². The van der Waals surface area contributed by atoms with Gasteiger partial charge in [-0.25, -0.2) is 4.39 Å². The molecule has 0 radical (unpaired) electrons. The van der Waals surface area contributed by atoms with Crippen LogP contribution in [0.1, 0.15) is 17.3 Å². The van der Waals surface area contributed by atoms with Crippen molar-refractivity contribution in [3.05, 3.63) is 59.9 Å². The number of carbonyl (C=O) groups is 1. The van der Waals surface area contributed by atoms with Crippen LogP contribution < -0.4 is 9.64 Å². The number of likely N-dealkylation sites (N-methyl/N-ethyl adjacent to an activating group) is 1. The number of nitrogens with zero attached hydrogens (tertiary/aromatic N) is 1. The van der Waals surface area contributed by atoms with Crippen LogP contribution in [0.4, 0.5) is 10.1 Å². The second kappa shape index (κ2) is 7.74. The van der Waals surface area contributed by atoms with Crippen LogP contribution in [0.5, 0.6) is 5.75 Å². The zero-order chi connectivity index (χ0) is 16.8. The van der Waals surface area contributed by atoms with E-state index in [2.05, 4.69) is 0 Å². The van der Waals surface area contributed by atoms with Crippen LogP contribution in [-0.4, -0.2) is 37.2 Å². The smallest absolute Gasteiger partial charge is 0.159 e. The van der Waals surface area contributed by atoms with Gasteiger partial charge in [0.25, 0.3) is 0 Å². The molecule has 1 N–H and O–H groups in total. The minimum Gasteiger partial charge on any atom is -0.491 e. The third kappa shape index (κ3) is 4.79. The molecule has 0 aliphatic heterocycles. The average Bonchev–Trinajstić information content (AvgIpc) is 2.53. The van der Waals surface area contributed by atoms with E-state index in [1.807, 2.05) is 0 Å². The standard InChI is InChI=1S/C18H20FNO3/c1-13(21)14-6-5-7-16(10-14)23-12-15(22)11-20(2)18-9-4-3-8-17(18)19/h3-10,15,22H,11-12H2,1-2H3. The Morgan fingerprint density at radius 3 is 2.70 bits per heavy atom. The van der Waals surface area contributed by atoms with E-state index in [0.717, 1.165) is 0 Å². The zero-order valence-corrected chi connectivity index (χ0v) is 13.2. The highest BCUT2D eigenvalue weighted by Crippen LogP contribution is 2.18. The van der Waals surface area contributed by atoms with Gasteiger partial charge in [-0.1, -0.05) is 24.3 Å². The predicted molar refractivity (Wildman–Crippen MR) is 87.6 cm³/mol. The van der Waals surface area contributed by atoms with Crippen molar-refractivity contribution in [2.24, 2.45) is 0 Å². The van der Waals surface area contributed by atoms with Gasteiger partial charge in [0.1, 0.15) is 24.3 Å². The maximum absolute atomic E-state index is 13.7. The normalized spacial score (nSPS) is 11.8. The molecule has 0 amide bonds. The Labute approximate surface area is 135 Å². The van der Waals surface area contributed by atoms with Crippen molar-refractivity contribution >= 4 is 11.5 Å². The minimum atomic E-state index is -0.791. The monoisotopic (exact) mass is 317 g/mol. The highest BCUT2D eigenvalue weighted by molar-refractivity contribution is 5.94. The van der Waals surface area contributed by atoms with Gasteiger partial charge in [-0.05, 0) is 31.2 Å². The highest BCUT2D eigenvalue weighted by Gasteiger charge is 2.13. The number of anilines is 1. The molecule has 0 saturated heterocycles. The first kappa shape index (κ1) is 17.0. The molecule has 4 nitrogen and oxygen atoms in total. The Morgan fingerprint density at radius 2 is 2.00 bits per heavy atom. The van der Waals surface area contributed by atoms with Gasteiger partial charge in [0.15, 0.2) is 5.78 Å². The summed E-state index contributed by atoms with van der Waals surface area (Å²) in [5.74, 6) is 0.137. The van der Waals surface area contributed by atoms with Crippen LogP contribution in [0.3, 0.4) is 0 Å². The Bertz CT molecular complexity index is 675. The van der Waals surface area contributed by atoms with Gasteiger partial charge in [0, 0.05) is 19.2 Å². The number of hydrogen-bond donors (Lipinski definition) is 1. The predicted octanol–water partition coefficient (Wildman–Crippen LogP) is 2.90. The topological polar surface area (TPSA) is 49.8 Å². The molecule has 0 saturated carbocycles. The first-order chi connectivity index (χ1) is 11.0. The van der Waals surface area contributed by atoms with Crippen molar-refractivity contribution in [2.45, 2.75) is 13.0 Å². The molecule has 0 aliphatic carbocycles. The lowest BCUT2D eigenvalue weighted by atomic mass is 10.1. The molecule has 0 spiro atoms. The fourth-order valence-electron chi connectivity index (χ4n) is 2.23. The number of rotatable bonds is 7. The Morgan fingerprint density at radius 1 is 1.26 bits per heavy atom. The Balaban J connectivity index is 1.90. The number of ketones is 1. The molecular weight excluding hydrogens is 297 g/mol. The van der Waals surface area contributed by atoms with Crippen molar-refractivity contribution in [1.29, 1.82) is 0 Å². The molecule has 5 heteroatoms. The van der Waals surface area contributed by atoms with Crippen LogP contribution in [-0.2, 0) is 0 Å². The number of hydrogen-bond acceptors (Lipinski definition) is 4. The van der Waals surface area contributed by atoms with E-state index in [9.17, 15) is 14.3 Å². The van der Waals surface area contributed by atoms with E-state index < -0.39 is 6.10 Å². The van der Waals surface area contributed by atoms with Crippen LogP contribution in [0.2, 0.25) is 0 Å². The van der Waals surface area contributed by atoms with Gasteiger partial charge in [-0.15, -0.1) is 0 Å². The van der Waals surface area contributed by atoms with Crippen molar-refractivity contribution < 1.29 is 19.0 Å². The lowest BCUT2D eigenvalue weighted by molar-refractivity contribution is 0.101. The van der Waals surface area contributed by atoms with Crippen molar-refractivity contribution in [3.8, 4) is 5.75 Å². The average molecular weight is 317 g/mol. The number of para-hydroxylation sites is 1. The summed E-state index contributed by atoms with van der Waals surface area (Å²) in [6.45, 7) is 1.77. The quantitative estimate of drug-likeness (QED) is 0.798. The van der Waals surface area contributed by atoms with Crippen LogP contribution in [0, 0.1) is 5.82 Å². The van der Waals surface area contributed by atoms with E-state index in [-0.39, 0.29) is 24.8 Å². The molecule has 2 aromatic rings. The summed E-state index contributed by atoms with van der Waals surface area (Å²) in [5, 5.41) is 10.1. The number of Topliss-reactive ketones (excluding diaryl/α,β-unsaturated/α-hetero) is 1. The Hall–Kier alpha value is -2.40. The second-order valence-corrected chi connectivity index (χ2v) is 5.38. The fraction of sp³-hybridized carbons (Fsp3) is 0.278. The SMILES string of the molecule is CC(=O)c1cccc(OCC(O)CN(C)c2ccccc2F)c1. The zero-order valence-electron chi connectivity index (χ0n) is 13.2. The lowest BCUT2D eigenvalue weighted by Crippen LogP contribution is -2.33. The van der Waals surface area contributed by atoms with Gasteiger partial charge in [0.2, 0.25) is 0 Å². The molecule has 0 aliphatic rings. The Kier molecular flexibility index (Phi) is 5.71. The summed E-state index contributed by atoms with van der Waals surface area (Å²) in [6, 6.07) is 13.2. The number of benzene rings is 2.